The molecule has 1 aromatic heterocycles. The monoisotopic (exact) mass is 303 g/mol. The first-order chi connectivity index (χ1) is 9.59. The van der Waals surface area contributed by atoms with E-state index in [4.69, 9.17) is 23.2 Å². The zero-order valence-electron chi connectivity index (χ0n) is 10.7. The van der Waals surface area contributed by atoms with Crippen LogP contribution in [0.25, 0.3) is 10.9 Å². The number of carbonyl (C=O) groups excluding carboxylic acids is 1. The van der Waals surface area contributed by atoms with Crippen LogP contribution in [0.15, 0.2) is 42.6 Å². The lowest BCUT2D eigenvalue weighted by Gasteiger charge is -2.06. The van der Waals surface area contributed by atoms with Crippen LogP contribution < -0.4 is 0 Å². The molecular weight excluding hydrogens is 293 g/mol. The quantitative estimate of drug-likeness (QED) is 0.663. The number of H-pyrrole nitrogens is 1. The molecule has 20 heavy (non-hydrogen) atoms. The number of ketones is 1. The Balaban J connectivity index is 2.24. The molecule has 1 heterocycles. The Morgan fingerprint density at radius 1 is 1.05 bits per heavy atom. The van der Waals surface area contributed by atoms with E-state index in [2.05, 4.69) is 4.98 Å². The molecule has 0 saturated carbocycles. The highest BCUT2D eigenvalue weighted by Crippen LogP contribution is 2.30. The summed E-state index contributed by atoms with van der Waals surface area (Å²) in [5.41, 5.74) is 2.90. The SMILES string of the molecule is Cc1cccc2[nH]cc(C(=O)c3c(Cl)cccc3Cl)c12. The second-order valence-electron chi connectivity index (χ2n) is 4.63. The van der Waals surface area contributed by atoms with Gasteiger partial charge in [0.15, 0.2) is 5.78 Å². The standard InChI is InChI=1S/C16H11Cl2NO/c1-9-4-2-7-13-14(9)10(8-19-13)16(20)15-11(17)5-3-6-12(15)18/h2-8,19H,1H3. The number of rotatable bonds is 2. The van der Waals surface area contributed by atoms with E-state index in [-0.39, 0.29) is 5.78 Å². The van der Waals surface area contributed by atoms with Crippen LogP contribution in [0, 0.1) is 6.92 Å². The van der Waals surface area contributed by atoms with Gasteiger partial charge in [-0.25, -0.2) is 0 Å². The smallest absolute Gasteiger partial charge is 0.198 e. The Morgan fingerprint density at radius 3 is 2.40 bits per heavy atom. The highest BCUT2D eigenvalue weighted by Gasteiger charge is 2.20. The third-order valence-corrected chi connectivity index (χ3v) is 3.98. The lowest BCUT2D eigenvalue weighted by Crippen LogP contribution is -2.03. The van der Waals surface area contributed by atoms with Gasteiger partial charge in [-0.15, -0.1) is 0 Å². The molecule has 0 bridgehead atoms. The van der Waals surface area contributed by atoms with E-state index < -0.39 is 0 Å². The fourth-order valence-electron chi connectivity index (χ4n) is 2.40. The third kappa shape index (κ3) is 2.01. The average Bonchev–Trinajstić information content (AvgIpc) is 2.83. The van der Waals surface area contributed by atoms with Crippen molar-refractivity contribution < 1.29 is 4.79 Å². The molecule has 0 saturated heterocycles. The number of aromatic amines is 1. The molecule has 0 atom stereocenters. The number of aryl methyl sites for hydroxylation is 1. The predicted octanol–water partition coefficient (Wildman–Crippen LogP) is 5.01. The van der Waals surface area contributed by atoms with Crippen molar-refractivity contribution in [3.05, 3.63) is 69.3 Å². The molecule has 2 aromatic carbocycles. The topological polar surface area (TPSA) is 32.9 Å². The maximum Gasteiger partial charge on any atom is 0.198 e. The molecule has 0 aliphatic carbocycles. The fourth-order valence-corrected chi connectivity index (χ4v) is 2.97. The summed E-state index contributed by atoms with van der Waals surface area (Å²) in [4.78, 5) is 15.8. The largest absolute Gasteiger partial charge is 0.360 e. The molecular formula is C16H11Cl2NO. The van der Waals surface area contributed by atoms with Gasteiger partial charge in [-0.2, -0.15) is 0 Å². The summed E-state index contributed by atoms with van der Waals surface area (Å²) in [5.74, 6) is -0.166. The number of hydrogen-bond acceptors (Lipinski definition) is 1. The van der Waals surface area contributed by atoms with E-state index >= 15 is 0 Å². The molecule has 0 radical (unpaired) electrons. The molecule has 0 aliphatic heterocycles. The first-order valence-electron chi connectivity index (χ1n) is 6.15. The molecule has 0 aliphatic rings. The zero-order valence-corrected chi connectivity index (χ0v) is 12.2. The Kier molecular flexibility index (Phi) is 3.28. The molecule has 4 heteroatoms. The van der Waals surface area contributed by atoms with Crippen molar-refractivity contribution in [3.8, 4) is 0 Å². The number of benzene rings is 2. The van der Waals surface area contributed by atoms with Gasteiger partial charge in [-0.3, -0.25) is 4.79 Å². The van der Waals surface area contributed by atoms with Crippen LogP contribution in [0.3, 0.4) is 0 Å². The highest BCUT2D eigenvalue weighted by atomic mass is 35.5. The van der Waals surface area contributed by atoms with Crippen molar-refractivity contribution in [1.29, 1.82) is 0 Å². The van der Waals surface area contributed by atoms with Gasteiger partial charge >= 0.3 is 0 Å². The third-order valence-electron chi connectivity index (χ3n) is 3.35. The van der Waals surface area contributed by atoms with Crippen molar-refractivity contribution in [2.75, 3.05) is 0 Å². The van der Waals surface area contributed by atoms with Gasteiger partial charge in [0.25, 0.3) is 0 Å². The van der Waals surface area contributed by atoms with Gasteiger partial charge in [-0.1, -0.05) is 41.4 Å². The van der Waals surface area contributed by atoms with E-state index in [1.165, 1.54) is 0 Å². The van der Waals surface area contributed by atoms with Gasteiger partial charge in [0.1, 0.15) is 0 Å². The summed E-state index contributed by atoms with van der Waals surface area (Å²) in [5, 5.41) is 1.64. The summed E-state index contributed by atoms with van der Waals surface area (Å²) in [6, 6.07) is 10.9. The van der Waals surface area contributed by atoms with Gasteiger partial charge < -0.3 is 4.98 Å². The van der Waals surface area contributed by atoms with E-state index in [9.17, 15) is 4.79 Å². The maximum absolute atomic E-state index is 12.7. The Bertz CT molecular complexity index is 800. The molecule has 3 aromatic rings. The van der Waals surface area contributed by atoms with Crippen molar-refractivity contribution in [2.24, 2.45) is 0 Å². The number of carbonyl (C=O) groups is 1. The van der Waals surface area contributed by atoms with Crippen LogP contribution in [0.1, 0.15) is 21.5 Å². The van der Waals surface area contributed by atoms with Crippen molar-refractivity contribution in [3.63, 3.8) is 0 Å². The zero-order chi connectivity index (χ0) is 14.3. The van der Waals surface area contributed by atoms with E-state index in [1.807, 2.05) is 25.1 Å². The lowest BCUT2D eigenvalue weighted by molar-refractivity contribution is 0.104. The predicted molar refractivity (Wildman–Crippen MR) is 82.9 cm³/mol. The van der Waals surface area contributed by atoms with Gasteiger partial charge in [0.05, 0.1) is 15.6 Å². The molecule has 2 nitrogen and oxygen atoms in total. The second kappa shape index (κ2) is 4.97. The summed E-state index contributed by atoms with van der Waals surface area (Å²) in [6.45, 7) is 1.97. The molecule has 0 amide bonds. The minimum absolute atomic E-state index is 0.166. The summed E-state index contributed by atoms with van der Waals surface area (Å²) >= 11 is 12.2. The van der Waals surface area contributed by atoms with Crippen molar-refractivity contribution in [2.45, 2.75) is 6.92 Å². The Morgan fingerprint density at radius 2 is 1.70 bits per heavy atom. The average molecular weight is 304 g/mol. The van der Waals surface area contributed by atoms with Crippen LogP contribution in [-0.4, -0.2) is 10.8 Å². The number of aromatic nitrogens is 1. The number of hydrogen-bond donors (Lipinski definition) is 1. The fraction of sp³-hybridized carbons (Fsp3) is 0.0625. The van der Waals surface area contributed by atoms with Crippen LogP contribution in [0.2, 0.25) is 10.0 Å². The minimum Gasteiger partial charge on any atom is -0.360 e. The van der Waals surface area contributed by atoms with Crippen LogP contribution in [0.5, 0.6) is 0 Å². The number of halogens is 2. The highest BCUT2D eigenvalue weighted by molar-refractivity contribution is 6.41. The van der Waals surface area contributed by atoms with E-state index in [1.54, 1.807) is 24.4 Å². The summed E-state index contributed by atoms with van der Waals surface area (Å²) in [6.07, 6.45) is 1.71. The number of fused-ring (bicyclic) bond motifs is 1. The molecule has 3 rings (SSSR count). The Hall–Kier alpha value is -1.77. The van der Waals surface area contributed by atoms with E-state index in [0.717, 1.165) is 16.5 Å². The molecule has 0 unspecified atom stereocenters. The van der Waals surface area contributed by atoms with Crippen LogP contribution in [0.4, 0.5) is 0 Å². The number of nitrogens with one attached hydrogen (secondary N) is 1. The van der Waals surface area contributed by atoms with Crippen molar-refractivity contribution in [1.82, 2.24) is 4.98 Å². The summed E-state index contributed by atoms with van der Waals surface area (Å²) < 4.78 is 0. The lowest BCUT2D eigenvalue weighted by atomic mass is 10.00. The Labute approximate surface area is 126 Å². The normalized spacial score (nSPS) is 10.9. The van der Waals surface area contributed by atoms with Crippen LogP contribution in [-0.2, 0) is 0 Å². The first-order valence-corrected chi connectivity index (χ1v) is 6.90. The van der Waals surface area contributed by atoms with Gasteiger partial charge in [-0.05, 0) is 30.7 Å². The molecule has 100 valence electrons. The first kappa shape index (κ1) is 13.2. The minimum atomic E-state index is -0.166. The van der Waals surface area contributed by atoms with Crippen molar-refractivity contribution >= 4 is 39.9 Å². The summed E-state index contributed by atoms with van der Waals surface area (Å²) in [7, 11) is 0. The van der Waals surface area contributed by atoms with Gasteiger partial charge in [0, 0.05) is 22.7 Å². The van der Waals surface area contributed by atoms with Gasteiger partial charge in [0.2, 0.25) is 0 Å². The second-order valence-corrected chi connectivity index (χ2v) is 5.44. The molecule has 0 fully saturated rings. The van der Waals surface area contributed by atoms with E-state index in [0.29, 0.717) is 21.2 Å². The maximum atomic E-state index is 12.7. The molecule has 1 N–H and O–H groups in total. The van der Waals surface area contributed by atoms with Crippen LogP contribution >= 0.6 is 23.2 Å². The molecule has 0 spiro atoms.